The molecular weight excluding hydrogens is 354 g/mol. The van der Waals surface area contributed by atoms with Gasteiger partial charge in [-0.3, -0.25) is 9.80 Å². The molecule has 28 heavy (non-hydrogen) atoms. The molecule has 0 unspecified atom stereocenters. The lowest BCUT2D eigenvalue weighted by atomic mass is 10.1. The quantitative estimate of drug-likeness (QED) is 0.735. The smallest absolute Gasteiger partial charge is 0.203 e. The topological polar surface area (TPSA) is 58.0 Å². The summed E-state index contributed by atoms with van der Waals surface area (Å²) in [5.74, 6) is 1.99. The second kappa shape index (κ2) is 9.45. The lowest BCUT2D eigenvalue weighted by Crippen LogP contribution is -2.47. The highest BCUT2D eigenvalue weighted by Gasteiger charge is 2.26. The van der Waals surface area contributed by atoms with Crippen molar-refractivity contribution in [2.75, 3.05) is 47.5 Å². The van der Waals surface area contributed by atoms with Gasteiger partial charge in [0.05, 0.1) is 27.4 Å². The zero-order valence-corrected chi connectivity index (χ0v) is 16.7. The Morgan fingerprint density at radius 2 is 1.57 bits per heavy atom. The van der Waals surface area contributed by atoms with Crippen molar-refractivity contribution in [3.63, 3.8) is 0 Å². The highest BCUT2D eigenvalue weighted by Crippen LogP contribution is 2.40. The lowest BCUT2D eigenvalue weighted by Gasteiger charge is -2.37. The Bertz CT molecular complexity index is 812. The summed E-state index contributed by atoms with van der Waals surface area (Å²) in [5.41, 5.74) is 2.12. The van der Waals surface area contributed by atoms with Crippen LogP contribution >= 0.6 is 0 Å². The minimum atomic E-state index is -0.195. The summed E-state index contributed by atoms with van der Waals surface area (Å²) < 4.78 is 16.5. The van der Waals surface area contributed by atoms with E-state index in [1.165, 1.54) is 0 Å². The normalized spacial score (nSPS) is 16.2. The monoisotopic (exact) mass is 381 g/mol. The zero-order valence-electron chi connectivity index (χ0n) is 16.7. The molecule has 6 heteroatoms. The van der Waals surface area contributed by atoms with Gasteiger partial charge in [0.2, 0.25) is 5.75 Å². The maximum atomic E-state index is 9.66. The Labute approximate surface area is 166 Å². The highest BCUT2D eigenvalue weighted by molar-refractivity contribution is 5.55. The Morgan fingerprint density at radius 1 is 0.893 bits per heavy atom. The van der Waals surface area contributed by atoms with E-state index in [0.29, 0.717) is 17.2 Å². The molecule has 3 rings (SSSR count). The molecule has 2 aromatic rings. The van der Waals surface area contributed by atoms with E-state index >= 15 is 0 Å². The van der Waals surface area contributed by atoms with Gasteiger partial charge in [0.25, 0.3) is 0 Å². The molecule has 1 saturated heterocycles. The molecule has 0 aliphatic carbocycles. The standard InChI is InChI=1S/C22H27N3O3/c1-26-20-10-9-18(21(27-2)22(20)28-3)16-24-11-13-25(14-12-24)19(15-23)17-7-5-4-6-8-17/h4-10,19H,11-14,16H2,1-3H3/t19-/m0/s1. The van der Waals surface area contributed by atoms with Gasteiger partial charge in [-0.25, -0.2) is 0 Å². The van der Waals surface area contributed by atoms with Crippen LogP contribution in [0.5, 0.6) is 17.2 Å². The molecule has 0 amide bonds. The highest BCUT2D eigenvalue weighted by atomic mass is 16.5. The van der Waals surface area contributed by atoms with Crippen molar-refractivity contribution in [3.8, 4) is 23.3 Å². The fraction of sp³-hybridized carbons (Fsp3) is 0.409. The average molecular weight is 381 g/mol. The van der Waals surface area contributed by atoms with Crippen molar-refractivity contribution in [2.24, 2.45) is 0 Å². The van der Waals surface area contributed by atoms with Crippen LogP contribution in [0.25, 0.3) is 0 Å². The second-order valence-electron chi connectivity index (χ2n) is 6.75. The van der Waals surface area contributed by atoms with Crippen LogP contribution in [0.1, 0.15) is 17.2 Å². The predicted octanol–water partition coefficient (Wildman–Crippen LogP) is 3.09. The van der Waals surface area contributed by atoms with Crippen molar-refractivity contribution in [2.45, 2.75) is 12.6 Å². The number of benzene rings is 2. The van der Waals surface area contributed by atoms with E-state index in [1.54, 1.807) is 21.3 Å². The molecule has 1 aliphatic rings. The van der Waals surface area contributed by atoms with Crippen molar-refractivity contribution >= 4 is 0 Å². The molecule has 1 heterocycles. The molecule has 2 aromatic carbocycles. The SMILES string of the molecule is COc1ccc(CN2CCN([C@@H](C#N)c3ccccc3)CC2)c(OC)c1OC. The summed E-state index contributed by atoms with van der Waals surface area (Å²) in [5, 5.41) is 9.66. The van der Waals surface area contributed by atoms with Crippen LogP contribution in [0, 0.1) is 11.3 Å². The van der Waals surface area contributed by atoms with Crippen LogP contribution in [-0.2, 0) is 6.54 Å². The number of ether oxygens (including phenoxy) is 3. The number of hydrogen-bond donors (Lipinski definition) is 0. The third-order valence-corrected chi connectivity index (χ3v) is 5.19. The van der Waals surface area contributed by atoms with E-state index in [2.05, 4.69) is 15.9 Å². The van der Waals surface area contributed by atoms with Gasteiger partial charge in [-0.1, -0.05) is 36.4 Å². The molecule has 1 fully saturated rings. The third-order valence-electron chi connectivity index (χ3n) is 5.19. The van der Waals surface area contributed by atoms with E-state index in [4.69, 9.17) is 14.2 Å². The van der Waals surface area contributed by atoms with Crippen LogP contribution < -0.4 is 14.2 Å². The van der Waals surface area contributed by atoms with Crippen LogP contribution in [0.15, 0.2) is 42.5 Å². The van der Waals surface area contributed by atoms with Crippen LogP contribution in [0.2, 0.25) is 0 Å². The Kier molecular flexibility index (Phi) is 6.75. The molecule has 6 nitrogen and oxygen atoms in total. The van der Waals surface area contributed by atoms with E-state index in [9.17, 15) is 5.26 Å². The minimum absolute atomic E-state index is 0.195. The van der Waals surface area contributed by atoms with E-state index in [1.807, 2.05) is 42.5 Å². The number of nitrogens with zero attached hydrogens (tertiary/aromatic N) is 3. The van der Waals surface area contributed by atoms with E-state index in [-0.39, 0.29) is 6.04 Å². The van der Waals surface area contributed by atoms with Crippen LogP contribution in [-0.4, -0.2) is 57.3 Å². The van der Waals surface area contributed by atoms with Gasteiger partial charge in [0, 0.05) is 38.3 Å². The third kappa shape index (κ3) is 4.22. The van der Waals surface area contributed by atoms with Gasteiger partial charge in [-0.2, -0.15) is 5.26 Å². The number of nitriles is 1. The number of methoxy groups -OCH3 is 3. The van der Waals surface area contributed by atoms with E-state index < -0.39 is 0 Å². The summed E-state index contributed by atoms with van der Waals surface area (Å²) in [7, 11) is 4.89. The van der Waals surface area contributed by atoms with Crippen LogP contribution in [0.4, 0.5) is 0 Å². The minimum Gasteiger partial charge on any atom is -0.493 e. The second-order valence-corrected chi connectivity index (χ2v) is 6.75. The molecule has 1 atom stereocenters. The molecule has 0 spiro atoms. The van der Waals surface area contributed by atoms with E-state index in [0.717, 1.165) is 43.9 Å². The average Bonchev–Trinajstić information content (AvgIpc) is 2.75. The molecule has 0 saturated carbocycles. The zero-order chi connectivity index (χ0) is 19.9. The van der Waals surface area contributed by atoms with Crippen molar-refractivity contribution < 1.29 is 14.2 Å². The first kappa shape index (κ1) is 20.0. The fourth-order valence-corrected chi connectivity index (χ4v) is 3.71. The molecule has 0 bridgehead atoms. The summed E-state index contributed by atoms with van der Waals surface area (Å²) in [6, 6.07) is 16.2. The number of piperazine rings is 1. The summed E-state index contributed by atoms with van der Waals surface area (Å²) in [6.45, 7) is 4.25. The largest absolute Gasteiger partial charge is 0.493 e. The van der Waals surface area contributed by atoms with Gasteiger partial charge < -0.3 is 14.2 Å². The maximum absolute atomic E-state index is 9.66. The summed E-state index contributed by atoms with van der Waals surface area (Å²) in [6.07, 6.45) is 0. The summed E-state index contributed by atoms with van der Waals surface area (Å²) in [4.78, 5) is 4.62. The van der Waals surface area contributed by atoms with Gasteiger partial charge in [0.1, 0.15) is 6.04 Å². The van der Waals surface area contributed by atoms with Gasteiger partial charge in [0.15, 0.2) is 11.5 Å². The Morgan fingerprint density at radius 3 is 2.14 bits per heavy atom. The Balaban J connectivity index is 1.67. The molecule has 1 aliphatic heterocycles. The van der Waals surface area contributed by atoms with Gasteiger partial charge in [-0.05, 0) is 11.6 Å². The first-order chi connectivity index (χ1) is 13.7. The molecule has 148 valence electrons. The van der Waals surface area contributed by atoms with Crippen molar-refractivity contribution in [1.29, 1.82) is 5.26 Å². The molecule has 0 aromatic heterocycles. The number of hydrogen-bond acceptors (Lipinski definition) is 6. The van der Waals surface area contributed by atoms with Gasteiger partial charge >= 0.3 is 0 Å². The first-order valence-corrected chi connectivity index (χ1v) is 9.40. The molecule has 0 N–H and O–H groups in total. The maximum Gasteiger partial charge on any atom is 0.203 e. The first-order valence-electron chi connectivity index (χ1n) is 9.40. The lowest BCUT2D eigenvalue weighted by molar-refractivity contribution is 0.108. The number of rotatable bonds is 7. The van der Waals surface area contributed by atoms with Gasteiger partial charge in [-0.15, -0.1) is 0 Å². The van der Waals surface area contributed by atoms with Crippen molar-refractivity contribution in [3.05, 3.63) is 53.6 Å². The van der Waals surface area contributed by atoms with Crippen molar-refractivity contribution in [1.82, 2.24) is 9.80 Å². The molecular formula is C22H27N3O3. The van der Waals surface area contributed by atoms with Crippen LogP contribution in [0.3, 0.4) is 0 Å². The Hall–Kier alpha value is -2.75. The summed E-state index contributed by atoms with van der Waals surface area (Å²) >= 11 is 0. The predicted molar refractivity (Wildman–Crippen MR) is 108 cm³/mol. The molecule has 0 radical (unpaired) electrons. The fourth-order valence-electron chi connectivity index (χ4n) is 3.71.